The summed E-state index contributed by atoms with van der Waals surface area (Å²) in [5.41, 5.74) is 3.95. The van der Waals surface area contributed by atoms with Crippen LogP contribution in [0.4, 0.5) is 27.5 Å². The van der Waals surface area contributed by atoms with Gasteiger partial charge in [0, 0.05) is 24.0 Å². The van der Waals surface area contributed by atoms with E-state index in [-0.39, 0.29) is 18.4 Å². The number of nitrogens with zero attached hydrogens (tertiary/aromatic N) is 2. The number of rotatable bonds is 8. The number of aryl methyl sites for hydroxylation is 2. The summed E-state index contributed by atoms with van der Waals surface area (Å²) in [5, 5.41) is 6.02. The smallest absolute Gasteiger partial charge is 0.338 e. The standard InChI is InChI=1S/C23H25FN4O4/c1-13-9-15(10-14(2)20(13)31-4)26-21-18(24)11-25-23(28-21)27-19-8-6-7-16(22(29)32-5)17(19)12-30-3/h6-11H,12H2,1-5H3,(H2,25,26,27,28). The summed E-state index contributed by atoms with van der Waals surface area (Å²) < 4.78 is 29.9. The van der Waals surface area contributed by atoms with E-state index in [0.717, 1.165) is 23.1 Å². The topological polar surface area (TPSA) is 94.6 Å². The minimum Gasteiger partial charge on any atom is -0.496 e. The molecule has 9 heteroatoms. The molecule has 3 aromatic rings. The second kappa shape index (κ2) is 10.1. The van der Waals surface area contributed by atoms with Gasteiger partial charge >= 0.3 is 5.97 Å². The van der Waals surface area contributed by atoms with Crippen LogP contribution in [0, 0.1) is 19.7 Å². The van der Waals surface area contributed by atoms with Crippen molar-refractivity contribution in [2.24, 2.45) is 0 Å². The molecule has 2 aromatic carbocycles. The molecule has 0 saturated heterocycles. The van der Waals surface area contributed by atoms with Gasteiger partial charge in [-0.15, -0.1) is 0 Å². The molecule has 0 spiro atoms. The lowest BCUT2D eigenvalue weighted by molar-refractivity contribution is 0.0596. The van der Waals surface area contributed by atoms with Gasteiger partial charge in [0.2, 0.25) is 5.95 Å². The summed E-state index contributed by atoms with van der Waals surface area (Å²) in [5.74, 6) is -0.174. The molecule has 1 heterocycles. The number of carbonyl (C=O) groups is 1. The van der Waals surface area contributed by atoms with Gasteiger partial charge in [-0.1, -0.05) is 6.07 Å². The molecule has 1 aromatic heterocycles. The molecule has 0 saturated carbocycles. The summed E-state index contributed by atoms with van der Waals surface area (Å²) in [6, 6.07) is 8.77. The number of hydrogen-bond donors (Lipinski definition) is 2. The van der Waals surface area contributed by atoms with Crippen molar-refractivity contribution < 1.29 is 23.4 Å². The molecule has 0 aliphatic carbocycles. The first-order valence-corrected chi connectivity index (χ1v) is 9.78. The van der Waals surface area contributed by atoms with Crippen LogP contribution in [0.25, 0.3) is 0 Å². The Morgan fingerprint density at radius 2 is 1.81 bits per heavy atom. The third-order valence-corrected chi connectivity index (χ3v) is 4.79. The molecule has 2 N–H and O–H groups in total. The molecule has 0 unspecified atom stereocenters. The van der Waals surface area contributed by atoms with E-state index in [1.165, 1.54) is 14.2 Å². The lowest BCUT2D eigenvalue weighted by Gasteiger charge is -2.15. The van der Waals surface area contributed by atoms with Crippen LogP contribution in [0.2, 0.25) is 0 Å². The fraction of sp³-hybridized carbons (Fsp3) is 0.261. The molecule has 0 radical (unpaired) electrons. The molecule has 168 valence electrons. The zero-order valence-electron chi connectivity index (χ0n) is 18.6. The number of halogens is 1. The van der Waals surface area contributed by atoms with Crippen LogP contribution in [0.3, 0.4) is 0 Å². The maximum atomic E-state index is 14.4. The van der Waals surface area contributed by atoms with Crippen LogP contribution in [0.15, 0.2) is 36.5 Å². The van der Waals surface area contributed by atoms with E-state index in [9.17, 15) is 9.18 Å². The van der Waals surface area contributed by atoms with Crippen LogP contribution in [-0.4, -0.2) is 37.3 Å². The summed E-state index contributed by atoms with van der Waals surface area (Å²) >= 11 is 0. The molecule has 3 rings (SSSR count). The number of nitrogens with one attached hydrogen (secondary N) is 2. The van der Waals surface area contributed by atoms with Gasteiger partial charge in [-0.25, -0.2) is 14.2 Å². The quantitative estimate of drug-likeness (QED) is 0.489. The zero-order valence-corrected chi connectivity index (χ0v) is 18.6. The summed E-state index contributed by atoms with van der Waals surface area (Å²) in [4.78, 5) is 20.4. The van der Waals surface area contributed by atoms with Crippen molar-refractivity contribution >= 4 is 29.1 Å². The van der Waals surface area contributed by atoms with Gasteiger partial charge in [-0.3, -0.25) is 0 Å². The van der Waals surface area contributed by atoms with E-state index >= 15 is 0 Å². The minimum atomic E-state index is -0.609. The van der Waals surface area contributed by atoms with Crippen molar-refractivity contribution in [2.45, 2.75) is 20.5 Å². The van der Waals surface area contributed by atoms with Gasteiger partial charge in [0.15, 0.2) is 11.6 Å². The summed E-state index contributed by atoms with van der Waals surface area (Å²) in [7, 11) is 4.44. The van der Waals surface area contributed by atoms with Gasteiger partial charge in [0.05, 0.1) is 32.6 Å². The van der Waals surface area contributed by atoms with E-state index in [2.05, 4.69) is 20.6 Å². The highest BCUT2D eigenvalue weighted by Gasteiger charge is 2.17. The molecule has 0 fully saturated rings. The van der Waals surface area contributed by atoms with E-state index in [1.807, 2.05) is 26.0 Å². The molecule has 0 atom stereocenters. The highest BCUT2D eigenvalue weighted by atomic mass is 19.1. The number of benzene rings is 2. The third-order valence-electron chi connectivity index (χ3n) is 4.79. The van der Waals surface area contributed by atoms with Crippen molar-refractivity contribution in [2.75, 3.05) is 32.0 Å². The molecular weight excluding hydrogens is 415 g/mol. The highest BCUT2D eigenvalue weighted by molar-refractivity contribution is 5.93. The maximum Gasteiger partial charge on any atom is 0.338 e. The monoisotopic (exact) mass is 440 g/mol. The molecular formula is C23H25FN4O4. The van der Waals surface area contributed by atoms with Gasteiger partial charge in [0.25, 0.3) is 0 Å². The van der Waals surface area contributed by atoms with Crippen LogP contribution in [0.1, 0.15) is 27.0 Å². The van der Waals surface area contributed by atoms with Crippen LogP contribution >= 0.6 is 0 Å². The Bertz CT molecular complexity index is 1110. The predicted molar refractivity (Wildman–Crippen MR) is 120 cm³/mol. The molecule has 0 aliphatic rings. The first-order valence-electron chi connectivity index (χ1n) is 9.78. The summed E-state index contributed by atoms with van der Waals surface area (Å²) in [6.07, 6.45) is 1.07. The number of esters is 1. The Balaban J connectivity index is 1.93. The highest BCUT2D eigenvalue weighted by Crippen LogP contribution is 2.29. The molecule has 0 aliphatic heterocycles. The Hall–Kier alpha value is -3.72. The lowest BCUT2D eigenvalue weighted by Crippen LogP contribution is -2.10. The Labute approximate surface area is 185 Å². The van der Waals surface area contributed by atoms with E-state index in [4.69, 9.17) is 14.2 Å². The normalized spacial score (nSPS) is 10.6. The van der Waals surface area contributed by atoms with Crippen molar-refractivity contribution in [3.8, 4) is 5.75 Å². The van der Waals surface area contributed by atoms with Crippen molar-refractivity contribution in [1.82, 2.24) is 9.97 Å². The second-order valence-corrected chi connectivity index (χ2v) is 7.04. The number of carbonyl (C=O) groups excluding carboxylic acids is 1. The fourth-order valence-electron chi connectivity index (χ4n) is 3.42. The van der Waals surface area contributed by atoms with Crippen molar-refractivity contribution in [3.05, 3.63) is 64.6 Å². The Morgan fingerprint density at radius 1 is 1.09 bits per heavy atom. The maximum absolute atomic E-state index is 14.4. The first kappa shape index (κ1) is 23.0. The van der Waals surface area contributed by atoms with Gasteiger partial charge in [-0.2, -0.15) is 4.98 Å². The van der Waals surface area contributed by atoms with E-state index in [1.54, 1.807) is 25.3 Å². The number of methoxy groups -OCH3 is 3. The fourth-order valence-corrected chi connectivity index (χ4v) is 3.42. The average Bonchev–Trinajstić information content (AvgIpc) is 2.76. The zero-order chi connectivity index (χ0) is 23.3. The first-order chi connectivity index (χ1) is 15.4. The van der Waals surface area contributed by atoms with Crippen LogP contribution in [0.5, 0.6) is 5.75 Å². The minimum absolute atomic E-state index is 0.00359. The Morgan fingerprint density at radius 3 is 2.44 bits per heavy atom. The van der Waals surface area contributed by atoms with Crippen molar-refractivity contribution in [1.29, 1.82) is 0 Å². The van der Waals surface area contributed by atoms with Gasteiger partial charge in [0.1, 0.15) is 5.75 Å². The lowest BCUT2D eigenvalue weighted by atomic mass is 10.1. The Kier molecular flexibility index (Phi) is 7.21. The largest absolute Gasteiger partial charge is 0.496 e. The number of hydrogen-bond acceptors (Lipinski definition) is 8. The molecule has 0 bridgehead atoms. The van der Waals surface area contributed by atoms with Crippen molar-refractivity contribution in [3.63, 3.8) is 0 Å². The van der Waals surface area contributed by atoms with Gasteiger partial charge in [-0.05, 0) is 49.2 Å². The number of anilines is 4. The molecule has 0 amide bonds. The van der Waals surface area contributed by atoms with Crippen LogP contribution in [-0.2, 0) is 16.1 Å². The SMILES string of the molecule is COCc1c(Nc2ncc(F)c(Nc3cc(C)c(OC)c(C)c3)n2)cccc1C(=O)OC. The van der Waals surface area contributed by atoms with Crippen LogP contribution < -0.4 is 15.4 Å². The number of ether oxygens (including phenoxy) is 3. The number of aromatic nitrogens is 2. The molecule has 8 nitrogen and oxygen atoms in total. The van der Waals surface area contributed by atoms with Gasteiger partial charge < -0.3 is 24.8 Å². The summed E-state index contributed by atoms with van der Waals surface area (Å²) in [6.45, 7) is 3.97. The molecule has 32 heavy (non-hydrogen) atoms. The predicted octanol–water partition coefficient (Wildman–Crippen LogP) is 4.66. The van der Waals surface area contributed by atoms with E-state index < -0.39 is 11.8 Å². The third kappa shape index (κ3) is 4.94. The van der Waals surface area contributed by atoms with E-state index in [0.29, 0.717) is 22.5 Å². The average molecular weight is 440 g/mol. The second-order valence-electron chi connectivity index (χ2n) is 7.04.